The highest BCUT2D eigenvalue weighted by atomic mass is 16.3. The van der Waals surface area contributed by atoms with Crippen molar-refractivity contribution in [2.24, 2.45) is 0 Å². The second-order valence-corrected chi connectivity index (χ2v) is 14.1. The third kappa shape index (κ3) is 5.20. The zero-order valence-corrected chi connectivity index (χ0v) is 29.8. The van der Waals surface area contributed by atoms with Crippen LogP contribution < -0.4 is 4.90 Å². The Kier molecular flexibility index (Phi) is 7.17. The summed E-state index contributed by atoms with van der Waals surface area (Å²) in [5.74, 6) is 0. The van der Waals surface area contributed by atoms with Crippen LogP contribution in [0.1, 0.15) is 0 Å². The average Bonchev–Trinajstić information content (AvgIpc) is 3.84. The zero-order chi connectivity index (χ0) is 36.3. The van der Waals surface area contributed by atoms with Gasteiger partial charge in [-0.25, -0.2) is 0 Å². The number of anilines is 3. The SMILES string of the molecule is c1ccc(-c2cccc3c2oc2cccc(N(c4ccc(-c5ccc6ccccc6c5)cc4)c4ccc(-c5cccc6oc7ccccc7c56)cc4)c23)cc1. The Bertz CT molecular complexity index is 3190. The van der Waals surface area contributed by atoms with Crippen molar-refractivity contribution in [1.82, 2.24) is 0 Å². The van der Waals surface area contributed by atoms with Crippen LogP contribution in [0.4, 0.5) is 17.1 Å². The molecule has 2 aromatic heterocycles. The molecule has 2 heterocycles. The van der Waals surface area contributed by atoms with Crippen molar-refractivity contribution < 1.29 is 8.83 Å². The lowest BCUT2D eigenvalue weighted by Crippen LogP contribution is -2.10. The Hall–Kier alpha value is -7.36. The van der Waals surface area contributed by atoms with Gasteiger partial charge in [-0.1, -0.05) is 146 Å². The largest absolute Gasteiger partial charge is 0.456 e. The molecule has 0 amide bonds. The van der Waals surface area contributed by atoms with Crippen LogP contribution in [0.5, 0.6) is 0 Å². The Balaban J connectivity index is 1.08. The van der Waals surface area contributed by atoms with Gasteiger partial charge in [0.25, 0.3) is 0 Å². The van der Waals surface area contributed by atoms with E-state index >= 15 is 0 Å². The third-order valence-corrected chi connectivity index (χ3v) is 10.9. The molecule has 11 rings (SSSR count). The van der Waals surface area contributed by atoms with E-state index in [1.807, 2.05) is 18.2 Å². The van der Waals surface area contributed by atoms with Gasteiger partial charge in [-0.15, -0.1) is 0 Å². The molecule has 11 aromatic rings. The molecule has 55 heavy (non-hydrogen) atoms. The maximum Gasteiger partial charge on any atom is 0.143 e. The molecule has 0 aliphatic heterocycles. The fourth-order valence-electron chi connectivity index (χ4n) is 8.26. The predicted molar refractivity (Wildman–Crippen MR) is 229 cm³/mol. The summed E-state index contributed by atoms with van der Waals surface area (Å²) < 4.78 is 13.0. The number of hydrogen-bond acceptors (Lipinski definition) is 3. The zero-order valence-electron chi connectivity index (χ0n) is 29.8. The van der Waals surface area contributed by atoms with Gasteiger partial charge in [-0.3, -0.25) is 0 Å². The summed E-state index contributed by atoms with van der Waals surface area (Å²) in [4.78, 5) is 2.36. The van der Waals surface area contributed by atoms with Crippen molar-refractivity contribution in [3.8, 4) is 33.4 Å². The van der Waals surface area contributed by atoms with Crippen molar-refractivity contribution in [3.63, 3.8) is 0 Å². The minimum absolute atomic E-state index is 0.851. The highest BCUT2D eigenvalue weighted by Gasteiger charge is 2.21. The maximum absolute atomic E-state index is 6.72. The highest BCUT2D eigenvalue weighted by Crippen LogP contribution is 2.46. The summed E-state index contributed by atoms with van der Waals surface area (Å²) in [5, 5.41) is 6.89. The number of hydrogen-bond donors (Lipinski definition) is 0. The number of rotatable bonds is 6. The van der Waals surface area contributed by atoms with Gasteiger partial charge in [-0.2, -0.15) is 0 Å². The lowest BCUT2D eigenvalue weighted by Gasteiger charge is -2.26. The molecule has 0 unspecified atom stereocenters. The van der Waals surface area contributed by atoms with Gasteiger partial charge in [-0.05, 0) is 93.2 Å². The van der Waals surface area contributed by atoms with Gasteiger partial charge in [0.15, 0.2) is 0 Å². The van der Waals surface area contributed by atoms with Gasteiger partial charge < -0.3 is 13.7 Å². The van der Waals surface area contributed by atoms with E-state index < -0.39 is 0 Å². The summed E-state index contributed by atoms with van der Waals surface area (Å²) in [7, 11) is 0. The Morgan fingerprint density at radius 2 is 0.909 bits per heavy atom. The van der Waals surface area contributed by atoms with Crippen LogP contribution >= 0.6 is 0 Å². The van der Waals surface area contributed by atoms with Crippen LogP contribution in [0, 0.1) is 0 Å². The molecule has 0 fully saturated rings. The van der Waals surface area contributed by atoms with Crippen LogP contribution in [0.15, 0.2) is 209 Å². The summed E-state index contributed by atoms with van der Waals surface area (Å²) in [6, 6.07) is 70.9. The van der Waals surface area contributed by atoms with Crippen LogP contribution in [-0.4, -0.2) is 0 Å². The van der Waals surface area contributed by atoms with Gasteiger partial charge in [0.1, 0.15) is 22.3 Å². The van der Waals surface area contributed by atoms with Crippen molar-refractivity contribution in [3.05, 3.63) is 200 Å². The highest BCUT2D eigenvalue weighted by molar-refractivity contribution is 6.16. The van der Waals surface area contributed by atoms with E-state index in [0.29, 0.717) is 0 Å². The first kappa shape index (κ1) is 31.2. The van der Waals surface area contributed by atoms with E-state index in [-0.39, 0.29) is 0 Å². The second-order valence-electron chi connectivity index (χ2n) is 14.1. The number of fused-ring (bicyclic) bond motifs is 7. The number of furan rings is 2. The predicted octanol–water partition coefficient (Wildman–Crippen LogP) is 15.1. The minimum atomic E-state index is 0.851. The fourth-order valence-corrected chi connectivity index (χ4v) is 8.26. The molecule has 0 spiro atoms. The Morgan fingerprint density at radius 1 is 0.327 bits per heavy atom. The van der Waals surface area contributed by atoms with Crippen molar-refractivity contribution in [2.45, 2.75) is 0 Å². The van der Waals surface area contributed by atoms with Gasteiger partial charge in [0, 0.05) is 33.1 Å². The number of para-hydroxylation sites is 2. The lowest BCUT2D eigenvalue weighted by atomic mass is 9.98. The molecule has 3 heteroatoms. The molecular formula is C52H33NO2. The minimum Gasteiger partial charge on any atom is -0.456 e. The first-order valence-electron chi connectivity index (χ1n) is 18.7. The van der Waals surface area contributed by atoms with Gasteiger partial charge in [0.05, 0.1) is 11.1 Å². The van der Waals surface area contributed by atoms with E-state index in [1.165, 1.54) is 21.9 Å². The molecule has 0 saturated heterocycles. The summed E-state index contributed by atoms with van der Waals surface area (Å²) in [5.41, 5.74) is 13.5. The van der Waals surface area contributed by atoms with Gasteiger partial charge in [0.2, 0.25) is 0 Å². The molecule has 0 N–H and O–H groups in total. The van der Waals surface area contributed by atoms with E-state index in [9.17, 15) is 0 Å². The van der Waals surface area contributed by atoms with E-state index in [4.69, 9.17) is 8.83 Å². The lowest BCUT2D eigenvalue weighted by molar-refractivity contribution is 0.669. The third-order valence-electron chi connectivity index (χ3n) is 10.9. The molecule has 0 radical (unpaired) electrons. The molecule has 3 nitrogen and oxygen atoms in total. The Morgan fingerprint density at radius 3 is 1.73 bits per heavy atom. The topological polar surface area (TPSA) is 29.5 Å². The summed E-state index contributed by atoms with van der Waals surface area (Å²) in [6.45, 7) is 0. The standard InChI is InChI=1S/C52H33NO2/c1-2-12-36(13-3-1)43-17-8-18-45-51-46(19-10-22-49(51)55-52(43)45)53(40-29-25-35(26-30-40)39-24-23-34-11-4-5-14-38(34)33-39)41-31-27-37(28-32-41)42-16-9-21-48-50(42)44-15-6-7-20-47(44)54-48/h1-33H. The van der Waals surface area contributed by atoms with Crippen LogP contribution in [0.3, 0.4) is 0 Å². The van der Waals surface area contributed by atoms with E-state index in [2.05, 4.69) is 187 Å². The van der Waals surface area contributed by atoms with Crippen LogP contribution in [-0.2, 0) is 0 Å². The van der Waals surface area contributed by atoms with Crippen LogP contribution in [0.2, 0.25) is 0 Å². The molecule has 0 aliphatic rings. The van der Waals surface area contributed by atoms with Crippen LogP contribution in [0.25, 0.3) is 88.0 Å². The average molecular weight is 704 g/mol. The van der Waals surface area contributed by atoms with Crippen molar-refractivity contribution in [1.29, 1.82) is 0 Å². The first-order chi connectivity index (χ1) is 27.3. The first-order valence-corrected chi connectivity index (χ1v) is 18.7. The normalized spacial score (nSPS) is 11.6. The number of nitrogens with zero attached hydrogens (tertiary/aromatic N) is 1. The van der Waals surface area contributed by atoms with Crippen molar-refractivity contribution >= 4 is 71.7 Å². The maximum atomic E-state index is 6.72. The molecule has 258 valence electrons. The molecule has 0 saturated carbocycles. The molecule has 0 aliphatic carbocycles. The van der Waals surface area contributed by atoms with E-state index in [1.54, 1.807) is 0 Å². The number of benzene rings is 9. The van der Waals surface area contributed by atoms with Gasteiger partial charge >= 0.3 is 0 Å². The summed E-state index contributed by atoms with van der Waals surface area (Å²) in [6.07, 6.45) is 0. The van der Waals surface area contributed by atoms with Crippen molar-refractivity contribution in [2.75, 3.05) is 4.90 Å². The second kappa shape index (κ2) is 12.6. The van der Waals surface area contributed by atoms with E-state index in [0.717, 1.165) is 83.2 Å². The smallest absolute Gasteiger partial charge is 0.143 e. The molecule has 0 atom stereocenters. The monoisotopic (exact) mass is 703 g/mol. The Labute approximate surface area is 317 Å². The molecular weight excluding hydrogens is 671 g/mol. The summed E-state index contributed by atoms with van der Waals surface area (Å²) >= 11 is 0. The fraction of sp³-hybridized carbons (Fsp3) is 0. The molecule has 0 bridgehead atoms. The quantitative estimate of drug-likeness (QED) is 0.173. The molecule has 9 aromatic carbocycles.